The van der Waals surface area contributed by atoms with Crippen LogP contribution in [-0.4, -0.2) is 11.5 Å². The Kier molecular flexibility index (Phi) is 4.48. The third-order valence-electron chi connectivity index (χ3n) is 3.31. The van der Waals surface area contributed by atoms with Crippen molar-refractivity contribution in [2.75, 3.05) is 6.54 Å². The summed E-state index contributed by atoms with van der Waals surface area (Å²) in [6, 6.07) is 15.1. The largest absolute Gasteiger partial charge is 0.310 e. The van der Waals surface area contributed by atoms with E-state index in [0.29, 0.717) is 6.04 Å². The molecule has 2 aromatic rings. The van der Waals surface area contributed by atoms with E-state index in [1.54, 1.807) is 12.1 Å². The van der Waals surface area contributed by atoms with Crippen molar-refractivity contribution < 1.29 is 4.92 Å². The minimum atomic E-state index is -0.370. The first-order valence-corrected chi connectivity index (χ1v) is 6.70. The van der Waals surface area contributed by atoms with E-state index < -0.39 is 0 Å². The highest BCUT2D eigenvalue weighted by Gasteiger charge is 2.08. The van der Waals surface area contributed by atoms with Gasteiger partial charge >= 0.3 is 0 Å². The summed E-state index contributed by atoms with van der Waals surface area (Å²) in [4.78, 5) is 10.4. The second kappa shape index (κ2) is 6.30. The highest BCUT2D eigenvalue weighted by molar-refractivity contribution is 5.66. The lowest BCUT2D eigenvalue weighted by Crippen LogP contribution is -2.17. The van der Waals surface area contributed by atoms with Crippen LogP contribution in [0.25, 0.3) is 11.1 Å². The number of hydrogen-bond acceptors (Lipinski definition) is 3. The number of nitro groups is 1. The second-order valence-corrected chi connectivity index (χ2v) is 4.71. The van der Waals surface area contributed by atoms with Gasteiger partial charge in [0.2, 0.25) is 0 Å². The van der Waals surface area contributed by atoms with Crippen LogP contribution < -0.4 is 5.32 Å². The van der Waals surface area contributed by atoms with Crippen molar-refractivity contribution in [1.29, 1.82) is 0 Å². The number of non-ortho nitro benzene ring substituents is 1. The molecule has 0 aliphatic rings. The van der Waals surface area contributed by atoms with Crippen molar-refractivity contribution in [2.24, 2.45) is 0 Å². The highest BCUT2D eigenvalue weighted by atomic mass is 16.6. The Hall–Kier alpha value is -2.20. The van der Waals surface area contributed by atoms with Gasteiger partial charge in [0.05, 0.1) is 4.92 Å². The molecule has 1 N–H and O–H groups in total. The molecule has 0 heterocycles. The summed E-state index contributed by atoms with van der Waals surface area (Å²) in [5.74, 6) is 0. The molecule has 1 unspecified atom stereocenters. The Labute approximate surface area is 118 Å². The zero-order chi connectivity index (χ0) is 14.5. The number of benzene rings is 2. The lowest BCUT2D eigenvalue weighted by molar-refractivity contribution is -0.384. The van der Waals surface area contributed by atoms with E-state index >= 15 is 0 Å². The maximum absolute atomic E-state index is 10.8. The van der Waals surface area contributed by atoms with Crippen LogP contribution in [0.1, 0.15) is 25.5 Å². The summed E-state index contributed by atoms with van der Waals surface area (Å²) in [5.41, 5.74) is 3.18. The Morgan fingerprint density at radius 2 is 1.85 bits per heavy atom. The molecule has 0 radical (unpaired) electrons. The smallest absolute Gasteiger partial charge is 0.270 e. The van der Waals surface area contributed by atoms with Gasteiger partial charge in [-0.05, 0) is 30.2 Å². The Bertz CT molecular complexity index is 594. The van der Waals surface area contributed by atoms with Gasteiger partial charge in [-0.1, -0.05) is 43.3 Å². The van der Waals surface area contributed by atoms with Crippen molar-refractivity contribution in [2.45, 2.75) is 19.9 Å². The molecule has 0 saturated carbocycles. The monoisotopic (exact) mass is 270 g/mol. The van der Waals surface area contributed by atoms with E-state index in [-0.39, 0.29) is 10.6 Å². The summed E-state index contributed by atoms with van der Waals surface area (Å²) >= 11 is 0. The number of hydrogen-bond donors (Lipinski definition) is 1. The standard InChI is InChI=1S/C16H18N2O2/c1-3-17-12(2)13-7-9-14(10-8-13)15-5-4-6-16(11-15)18(19)20/h4-12,17H,3H2,1-2H3. The van der Waals surface area contributed by atoms with Crippen LogP contribution in [0.15, 0.2) is 48.5 Å². The van der Waals surface area contributed by atoms with Gasteiger partial charge in [-0.25, -0.2) is 0 Å². The molecule has 0 saturated heterocycles. The van der Waals surface area contributed by atoms with Gasteiger partial charge in [-0.3, -0.25) is 10.1 Å². The molecular weight excluding hydrogens is 252 g/mol. The van der Waals surface area contributed by atoms with Crippen LogP contribution in [0.2, 0.25) is 0 Å². The second-order valence-electron chi connectivity index (χ2n) is 4.71. The van der Waals surface area contributed by atoms with Crippen molar-refractivity contribution in [3.63, 3.8) is 0 Å². The van der Waals surface area contributed by atoms with Crippen molar-refractivity contribution in [3.05, 3.63) is 64.2 Å². The molecule has 0 spiro atoms. The fourth-order valence-electron chi connectivity index (χ4n) is 2.19. The molecule has 104 valence electrons. The maximum atomic E-state index is 10.8. The Balaban J connectivity index is 2.26. The topological polar surface area (TPSA) is 55.2 Å². The summed E-state index contributed by atoms with van der Waals surface area (Å²) in [6.45, 7) is 5.12. The first-order valence-electron chi connectivity index (χ1n) is 6.70. The number of nitro benzene ring substituents is 1. The van der Waals surface area contributed by atoms with Crippen LogP contribution in [0.5, 0.6) is 0 Å². The van der Waals surface area contributed by atoms with E-state index in [0.717, 1.165) is 17.7 Å². The summed E-state index contributed by atoms with van der Waals surface area (Å²) < 4.78 is 0. The number of nitrogens with one attached hydrogen (secondary N) is 1. The Morgan fingerprint density at radius 3 is 2.45 bits per heavy atom. The van der Waals surface area contributed by atoms with Crippen molar-refractivity contribution >= 4 is 5.69 Å². The van der Waals surface area contributed by atoms with Gasteiger partial charge in [0.15, 0.2) is 0 Å². The van der Waals surface area contributed by atoms with Crippen LogP contribution in [-0.2, 0) is 0 Å². The van der Waals surface area contributed by atoms with Gasteiger partial charge in [0, 0.05) is 18.2 Å². The normalized spacial score (nSPS) is 12.1. The molecule has 0 fully saturated rings. The molecule has 0 aliphatic heterocycles. The zero-order valence-electron chi connectivity index (χ0n) is 11.7. The van der Waals surface area contributed by atoms with E-state index in [2.05, 4.69) is 31.3 Å². The lowest BCUT2D eigenvalue weighted by atomic mass is 10.0. The molecule has 0 aromatic heterocycles. The zero-order valence-corrected chi connectivity index (χ0v) is 11.7. The molecule has 0 aliphatic carbocycles. The average Bonchev–Trinajstić information content (AvgIpc) is 2.48. The highest BCUT2D eigenvalue weighted by Crippen LogP contribution is 2.25. The predicted molar refractivity (Wildman–Crippen MR) is 80.6 cm³/mol. The van der Waals surface area contributed by atoms with Gasteiger partial charge in [0.1, 0.15) is 0 Å². The fourth-order valence-corrected chi connectivity index (χ4v) is 2.19. The van der Waals surface area contributed by atoms with Crippen LogP contribution in [0.3, 0.4) is 0 Å². The van der Waals surface area contributed by atoms with E-state index in [4.69, 9.17) is 0 Å². The molecule has 0 bridgehead atoms. The molecule has 1 atom stereocenters. The minimum Gasteiger partial charge on any atom is -0.310 e. The number of rotatable bonds is 5. The van der Waals surface area contributed by atoms with Crippen LogP contribution in [0, 0.1) is 10.1 Å². The molecule has 20 heavy (non-hydrogen) atoms. The fraction of sp³-hybridized carbons (Fsp3) is 0.250. The third-order valence-corrected chi connectivity index (χ3v) is 3.31. The summed E-state index contributed by atoms with van der Waals surface area (Å²) in [7, 11) is 0. The van der Waals surface area contributed by atoms with E-state index in [1.807, 2.05) is 18.2 Å². The molecular formula is C16H18N2O2. The van der Waals surface area contributed by atoms with Gasteiger partial charge < -0.3 is 5.32 Å². The summed E-state index contributed by atoms with van der Waals surface area (Å²) in [5, 5.41) is 14.2. The first kappa shape index (κ1) is 14.2. The SMILES string of the molecule is CCNC(C)c1ccc(-c2cccc([N+](=O)[O-])c2)cc1. The molecule has 2 aromatic carbocycles. The summed E-state index contributed by atoms with van der Waals surface area (Å²) in [6.07, 6.45) is 0. The van der Waals surface area contributed by atoms with Crippen molar-refractivity contribution in [1.82, 2.24) is 5.32 Å². The lowest BCUT2D eigenvalue weighted by Gasteiger charge is -2.13. The molecule has 0 amide bonds. The van der Waals surface area contributed by atoms with Gasteiger partial charge in [-0.2, -0.15) is 0 Å². The maximum Gasteiger partial charge on any atom is 0.270 e. The van der Waals surface area contributed by atoms with E-state index in [1.165, 1.54) is 11.6 Å². The van der Waals surface area contributed by atoms with Crippen molar-refractivity contribution in [3.8, 4) is 11.1 Å². The Morgan fingerprint density at radius 1 is 1.15 bits per heavy atom. The molecule has 4 heteroatoms. The average molecular weight is 270 g/mol. The van der Waals surface area contributed by atoms with Crippen LogP contribution in [0.4, 0.5) is 5.69 Å². The quantitative estimate of drug-likeness (QED) is 0.661. The first-order chi connectivity index (χ1) is 9.61. The molecule has 2 rings (SSSR count). The molecule has 4 nitrogen and oxygen atoms in total. The van der Waals surface area contributed by atoms with E-state index in [9.17, 15) is 10.1 Å². The number of nitrogens with zero attached hydrogens (tertiary/aromatic N) is 1. The minimum absolute atomic E-state index is 0.118. The predicted octanol–water partition coefficient (Wildman–Crippen LogP) is 3.93. The third kappa shape index (κ3) is 3.22. The van der Waals surface area contributed by atoms with Crippen LogP contribution >= 0.6 is 0 Å². The van der Waals surface area contributed by atoms with Gasteiger partial charge in [-0.15, -0.1) is 0 Å². The van der Waals surface area contributed by atoms with Gasteiger partial charge in [0.25, 0.3) is 5.69 Å².